The number of nitrogens with zero attached hydrogens (tertiary/aromatic N) is 1. The van der Waals surface area contributed by atoms with Crippen LogP contribution in [0.15, 0.2) is 59.5 Å². The maximum absolute atomic E-state index is 13.5. The van der Waals surface area contributed by atoms with E-state index in [4.69, 9.17) is 5.73 Å². The highest BCUT2D eigenvalue weighted by molar-refractivity contribution is 7.89. The number of aliphatic hydroxyl groups is 1. The van der Waals surface area contributed by atoms with Crippen LogP contribution in [0.4, 0.5) is 0 Å². The first kappa shape index (κ1) is 22.0. The van der Waals surface area contributed by atoms with Crippen LogP contribution in [0.3, 0.4) is 0 Å². The van der Waals surface area contributed by atoms with Crippen molar-refractivity contribution in [3.05, 3.63) is 65.7 Å². The SMILES string of the molecule is CC(C)(C)c1cccc(S(=O)(=O)N(C[C@H](O)[C@@H](N)c2ccccc2)C2CCC2)c1. The van der Waals surface area contributed by atoms with Crippen molar-refractivity contribution in [2.24, 2.45) is 5.73 Å². The van der Waals surface area contributed by atoms with Gasteiger partial charge >= 0.3 is 0 Å². The first-order valence-corrected chi connectivity index (χ1v) is 11.7. The molecule has 1 fully saturated rings. The number of hydrogen-bond acceptors (Lipinski definition) is 4. The lowest BCUT2D eigenvalue weighted by Gasteiger charge is -2.38. The van der Waals surface area contributed by atoms with Crippen molar-refractivity contribution in [2.45, 2.75) is 68.5 Å². The third-order valence-corrected chi connectivity index (χ3v) is 7.67. The zero-order chi connectivity index (χ0) is 21.2. The van der Waals surface area contributed by atoms with Gasteiger partial charge in [0.05, 0.1) is 17.0 Å². The lowest BCUT2D eigenvalue weighted by atomic mass is 9.87. The highest BCUT2D eigenvalue weighted by Crippen LogP contribution is 2.32. The molecule has 0 spiro atoms. The molecular formula is C23H32N2O3S. The molecule has 6 heteroatoms. The van der Waals surface area contributed by atoms with Crippen molar-refractivity contribution in [1.82, 2.24) is 4.31 Å². The Morgan fingerprint density at radius 3 is 2.31 bits per heavy atom. The average molecular weight is 417 g/mol. The van der Waals surface area contributed by atoms with E-state index in [1.807, 2.05) is 36.4 Å². The Kier molecular flexibility index (Phi) is 6.48. The van der Waals surface area contributed by atoms with Crippen LogP contribution < -0.4 is 5.73 Å². The molecule has 2 aromatic carbocycles. The van der Waals surface area contributed by atoms with Gasteiger partial charge < -0.3 is 10.8 Å². The Morgan fingerprint density at radius 2 is 1.76 bits per heavy atom. The molecule has 3 rings (SSSR count). The quantitative estimate of drug-likeness (QED) is 0.722. The van der Waals surface area contributed by atoms with Crippen molar-refractivity contribution in [3.8, 4) is 0 Å². The first-order chi connectivity index (χ1) is 13.6. The number of sulfonamides is 1. The van der Waals surface area contributed by atoms with E-state index < -0.39 is 22.2 Å². The number of aliphatic hydroxyl groups excluding tert-OH is 1. The summed E-state index contributed by atoms with van der Waals surface area (Å²) >= 11 is 0. The monoisotopic (exact) mass is 416 g/mol. The zero-order valence-corrected chi connectivity index (χ0v) is 18.3. The minimum absolute atomic E-state index is 0.0111. The van der Waals surface area contributed by atoms with Crippen LogP contribution in [0.2, 0.25) is 0 Å². The second-order valence-corrected chi connectivity index (χ2v) is 10.8. The van der Waals surface area contributed by atoms with Crippen LogP contribution >= 0.6 is 0 Å². The Hall–Kier alpha value is -1.73. The fourth-order valence-electron chi connectivity index (χ4n) is 3.57. The van der Waals surface area contributed by atoms with Gasteiger partial charge in [0.1, 0.15) is 0 Å². The van der Waals surface area contributed by atoms with Crippen LogP contribution in [0, 0.1) is 0 Å². The molecule has 0 heterocycles. The molecule has 0 bridgehead atoms. The Morgan fingerprint density at radius 1 is 1.10 bits per heavy atom. The summed E-state index contributed by atoms with van der Waals surface area (Å²) in [5, 5.41) is 10.8. The molecule has 1 aliphatic rings. The lowest BCUT2D eigenvalue weighted by Crippen LogP contribution is -2.49. The summed E-state index contributed by atoms with van der Waals surface area (Å²) in [7, 11) is -3.74. The average Bonchev–Trinajstić information content (AvgIpc) is 2.65. The van der Waals surface area contributed by atoms with Gasteiger partial charge in [-0.3, -0.25) is 0 Å². The molecule has 1 saturated carbocycles. The van der Waals surface area contributed by atoms with E-state index in [2.05, 4.69) is 20.8 Å². The zero-order valence-electron chi connectivity index (χ0n) is 17.5. The predicted octanol–water partition coefficient (Wildman–Crippen LogP) is 3.59. The molecule has 2 atom stereocenters. The second-order valence-electron chi connectivity index (χ2n) is 8.94. The van der Waals surface area contributed by atoms with Gasteiger partial charge in [-0.15, -0.1) is 0 Å². The number of benzene rings is 2. The van der Waals surface area contributed by atoms with Gasteiger partial charge in [-0.2, -0.15) is 4.31 Å². The summed E-state index contributed by atoms with van der Waals surface area (Å²) < 4.78 is 28.5. The van der Waals surface area contributed by atoms with Crippen molar-refractivity contribution in [3.63, 3.8) is 0 Å². The molecular weight excluding hydrogens is 384 g/mol. The number of rotatable bonds is 7. The van der Waals surface area contributed by atoms with Crippen LogP contribution in [0.1, 0.15) is 57.2 Å². The minimum atomic E-state index is -3.74. The molecule has 5 nitrogen and oxygen atoms in total. The third-order valence-electron chi connectivity index (χ3n) is 5.75. The first-order valence-electron chi connectivity index (χ1n) is 10.2. The molecule has 29 heavy (non-hydrogen) atoms. The Balaban J connectivity index is 1.88. The van der Waals surface area contributed by atoms with Crippen LogP contribution in [0.25, 0.3) is 0 Å². The van der Waals surface area contributed by atoms with Crippen molar-refractivity contribution in [1.29, 1.82) is 0 Å². The fourth-order valence-corrected chi connectivity index (χ4v) is 5.32. The Bertz CT molecular complexity index is 919. The van der Waals surface area contributed by atoms with E-state index in [0.29, 0.717) is 0 Å². The summed E-state index contributed by atoms with van der Waals surface area (Å²) in [4.78, 5) is 0.275. The van der Waals surface area contributed by atoms with Gasteiger partial charge in [0.2, 0.25) is 10.0 Å². The van der Waals surface area contributed by atoms with E-state index in [-0.39, 0.29) is 22.9 Å². The predicted molar refractivity (Wildman–Crippen MR) is 116 cm³/mol. The maximum Gasteiger partial charge on any atom is 0.243 e. The highest BCUT2D eigenvalue weighted by atomic mass is 32.2. The smallest absolute Gasteiger partial charge is 0.243 e. The van der Waals surface area contributed by atoms with E-state index in [1.165, 1.54) is 4.31 Å². The molecule has 1 aliphatic carbocycles. The van der Waals surface area contributed by atoms with E-state index in [9.17, 15) is 13.5 Å². The molecule has 0 saturated heterocycles. The van der Waals surface area contributed by atoms with Crippen LogP contribution in [-0.2, 0) is 15.4 Å². The normalized spacial score (nSPS) is 17.7. The van der Waals surface area contributed by atoms with Gasteiger partial charge in [-0.25, -0.2) is 8.42 Å². The molecule has 0 aromatic heterocycles. The second kappa shape index (κ2) is 8.56. The van der Waals surface area contributed by atoms with Crippen LogP contribution in [-0.4, -0.2) is 36.5 Å². The molecule has 0 unspecified atom stereocenters. The minimum Gasteiger partial charge on any atom is -0.390 e. The topological polar surface area (TPSA) is 83.6 Å². The molecule has 0 radical (unpaired) electrons. The fraction of sp³-hybridized carbons (Fsp3) is 0.478. The summed E-state index contributed by atoms with van der Waals surface area (Å²) in [5.74, 6) is 0. The van der Waals surface area contributed by atoms with Crippen molar-refractivity contribution < 1.29 is 13.5 Å². The number of hydrogen-bond donors (Lipinski definition) is 2. The molecule has 0 amide bonds. The largest absolute Gasteiger partial charge is 0.390 e. The van der Waals surface area contributed by atoms with Gasteiger partial charge in [-0.05, 0) is 41.5 Å². The van der Waals surface area contributed by atoms with Crippen molar-refractivity contribution in [2.75, 3.05) is 6.54 Å². The standard InChI is InChI=1S/C23H32N2O3S/c1-23(2,3)18-11-7-14-20(15-18)29(27,28)25(19-12-8-13-19)16-21(26)22(24)17-9-5-4-6-10-17/h4-7,9-11,14-15,19,21-22,26H,8,12-13,16,24H2,1-3H3/t21-,22-/m0/s1. The van der Waals surface area contributed by atoms with Gasteiger partial charge in [-0.1, -0.05) is 69.7 Å². The molecule has 158 valence electrons. The maximum atomic E-state index is 13.5. The van der Waals surface area contributed by atoms with Crippen LogP contribution in [0.5, 0.6) is 0 Å². The van der Waals surface area contributed by atoms with Gasteiger partial charge in [0, 0.05) is 12.6 Å². The molecule has 2 aromatic rings. The molecule has 3 N–H and O–H groups in total. The summed E-state index contributed by atoms with van der Waals surface area (Å²) in [6, 6.07) is 15.7. The summed E-state index contributed by atoms with van der Waals surface area (Å²) in [6.45, 7) is 6.17. The Labute approximate surface area is 174 Å². The molecule has 0 aliphatic heterocycles. The number of nitrogens with two attached hydrogens (primary N) is 1. The highest BCUT2D eigenvalue weighted by Gasteiger charge is 2.37. The summed E-state index contributed by atoms with van der Waals surface area (Å²) in [5.41, 5.74) is 7.85. The lowest BCUT2D eigenvalue weighted by molar-refractivity contribution is 0.0923. The van der Waals surface area contributed by atoms with E-state index in [1.54, 1.807) is 18.2 Å². The van der Waals surface area contributed by atoms with E-state index in [0.717, 1.165) is 30.4 Å². The third kappa shape index (κ3) is 4.89. The summed E-state index contributed by atoms with van der Waals surface area (Å²) in [6.07, 6.45) is 1.63. The van der Waals surface area contributed by atoms with Gasteiger partial charge in [0.15, 0.2) is 0 Å². The van der Waals surface area contributed by atoms with Crippen molar-refractivity contribution >= 4 is 10.0 Å². The van der Waals surface area contributed by atoms with Gasteiger partial charge in [0.25, 0.3) is 0 Å². The van der Waals surface area contributed by atoms with E-state index >= 15 is 0 Å².